The highest BCUT2D eigenvalue weighted by Crippen LogP contribution is 2.32. The van der Waals surface area contributed by atoms with Crippen LogP contribution in [-0.2, 0) is 9.53 Å². The Morgan fingerprint density at radius 1 is 0.914 bits per heavy atom. The van der Waals surface area contributed by atoms with Gasteiger partial charge in [-0.2, -0.15) is 0 Å². The van der Waals surface area contributed by atoms with Crippen molar-refractivity contribution < 1.29 is 18.7 Å². The number of anilines is 1. The number of rotatable bonds is 9. The second-order valence-electron chi connectivity index (χ2n) is 8.03. The lowest BCUT2D eigenvalue weighted by Gasteiger charge is -2.13. The van der Waals surface area contributed by atoms with Crippen LogP contribution in [0.4, 0.5) is 5.69 Å². The van der Waals surface area contributed by atoms with Crippen molar-refractivity contribution in [3.8, 4) is 0 Å². The summed E-state index contributed by atoms with van der Waals surface area (Å²) in [5.74, 6) is -0.367. The Morgan fingerprint density at radius 2 is 1.57 bits per heavy atom. The number of nitrogens with one attached hydrogen (secondary N) is 1. The van der Waals surface area contributed by atoms with E-state index in [-0.39, 0.29) is 23.7 Å². The fraction of sp³-hybridized carbons (Fsp3) is 0.185. The first kappa shape index (κ1) is 24.2. The van der Waals surface area contributed by atoms with Crippen LogP contribution in [0.25, 0.3) is 0 Å². The number of hydrogen-bond donors (Lipinski definition) is 1. The molecule has 0 saturated carbocycles. The van der Waals surface area contributed by atoms with Crippen molar-refractivity contribution in [2.45, 2.75) is 31.1 Å². The molecule has 4 rings (SSSR count). The lowest BCUT2D eigenvalue weighted by molar-refractivity contribution is -0.113. The number of hydrogen-bond acceptors (Lipinski definition) is 7. The predicted molar refractivity (Wildman–Crippen MR) is 134 cm³/mol. The van der Waals surface area contributed by atoms with E-state index < -0.39 is 5.97 Å². The lowest BCUT2D eigenvalue weighted by Crippen LogP contribution is -2.15. The average molecular weight is 488 g/mol. The Labute approximate surface area is 207 Å². The summed E-state index contributed by atoms with van der Waals surface area (Å²) in [7, 11) is 0. The summed E-state index contributed by atoms with van der Waals surface area (Å²) in [5.41, 5.74) is 2.95. The van der Waals surface area contributed by atoms with Crippen molar-refractivity contribution in [1.29, 1.82) is 0 Å². The molecular formula is C27H25N3O4S. The number of amides is 1. The summed E-state index contributed by atoms with van der Waals surface area (Å²) in [6, 6.07) is 26.5. The van der Waals surface area contributed by atoms with Gasteiger partial charge in [-0.25, -0.2) is 4.79 Å². The fourth-order valence-electron chi connectivity index (χ4n) is 3.49. The third kappa shape index (κ3) is 6.58. The quantitative estimate of drug-likeness (QED) is 0.244. The molecule has 1 amide bonds. The van der Waals surface area contributed by atoms with Crippen molar-refractivity contribution in [3.63, 3.8) is 0 Å². The Hall–Kier alpha value is -3.91. The monoisotopic (exact) mass is 487 g/mol. The zero-order valence-corrected chi connectivity index (χ0v) is 20.2. The van der Waals surface area contributed by atoms with E-state index in [1.165, 1.54) is 0 Å². The molecular weight excluding hydrogens is 462 g/mol. The number of aromatic nitrogens is 2. The van der Waals surface area contributed by atoms with E-state index in [1.54, 1.807) is 38.1 Å². The molecule has 178 valence electrons. The van der Waals surface area contributed by atoms with Gasteiger partial charge in [0, 0.05) is 5.69 Å². The number of carbonyl (C=O) groups is 2. The van der Waals surface area contributed by atoms with Gasteiger partial charge in [0.25, 0.3) is 5.22 Å². The van der Waals surface area contributed by atoms with Crippen LogP contribution in [0.1, 0.15) is 47.1 Å². The van der Waals surface area contributed by atoms with Crippen molar-refractivity contribution >= 4 is 29.3 Å². The maximum atomic E-state index is 12.5. The molecule has 1 aromatic heterocycles. The van der Waals surface area contributed by atoms with Gasteiger partial charge in [-0.1, -0.05) is 78.5 Å². The van der Waals surface area contributed by atoms with Crippen LogP contribution < -0.4 is 5.32 Å². The van der Waals surface area contributed by atoms with Gasteiger partial charge in [0.15, 0.2) is 0 Å². The van der Waals surface area contributed by atoms with Gasteiger partial charge in [-0.3, -0.25) is 4.79 Å². The molecule has 7 nitrogen and oxygen atoms in total. The van der Waals surface area contributed by atoms with Crippen LogP contribution in [-0.4, -0.2) is 33.9 Å². The van der Waals surface area contributed by atoms with Gasteiger partial charge in [-0.05, 0) is 43.2 Å². The molecule has 0 aliphatic rings. The summed E-state index contributed by atoms with van der Waals surface area (Å²) in [6.07, 6.45) is -0.222. The van der Waals surface area contributed by atoms with Crippen molar-refractivity contribution in [3.05, 3.63) is 108 Å². The van der Waals surface area contributed by atoms with Crippen LogP contribution in [0.5, 0.6) is 0 Å². The molecule has 0 unspecified atom stereocenters. The number of nitrogens with zero attached hydrogens (tertiary/aromatic N) is 2. The first-order chi connectivity index (χ1) is 17.0. The molecule has 0 atom stereocenters. The molecule has 35 heavy (non-hydrogen) atoms. The molecule has 0 saturated heterocycles. The maximum Gasteiger partial charge on any atom is 0.338 e. The molecule has 1 N–H and O–H groups in total. The van der Waals surface area contributed by atoms with E-state index in [4.69, 9.17) is 9.15 Å². The second-order valence-corrected chi connectivity index (χ2v) is 8.96. The minimum Gasteiger partial charge on any atom is -0.459 e. The van der Waals surface area contributed by atoms with E-state index in [0.29, 0.717) is 22.4 Å². The number of thioether (sulfide) groups is 1. The Kier molecular flexibility index (Phi) is 7.95. The largest absolute Gasteiger partial charge is 0.459 e. The maximum absolute atomic E-state index is 12.5. The molecule has 0 aliphatic heterocycles. The lowest BCUT2D eigenvalue weighted by atomic mass is 9.91. The van der Waals surface area contributed by atoms with Gasteiger partial charge < -0.3 is 14.5 Å². The standard InChI is InChI=1S/C27H25N3O4S/c1-18(2)33-26(32)21-14-9-15-22(16-21)28-23(31)17-35-27-30-29-25(34-27)24(19-10-5-3-6-11-19)20-12-7-4-8-13-20/h3-16,18,24H,17H2,1-2H3,(H,28,31). The third-order valence-electron chi connectivity index (χ3n) is 4.99. The van der Waals surface area contributed by atoms with E-state index in [9.17, 15) is 9.59 Å². The van der Waals surface area contributed by atoms with E-state index in [2.05, 4.69) is 15.5 Å². The summed E-state index contributed by atoms with van der Waals surface area (Å²) < 4.78 is 11.1. The number of carbonyl (C=O) groups excluding carboxylic acids is 2. The molecule has 3 aromatic carbocycles. The number of ether oxygens (including phenoxy) is 1. The normalized spacial score (nSPS) is 11.0. The smallest absolute Gasteiger partial charge is 0.338 e. The van der Waals surface area contributed by atoms with Gasteiger partial charge in [0.05, 0.1) is 23.3 Å². The highest BCUT2D eigenvalue weighted by atomic mass is 32.2. The van der Waals surface area contributed by atoms with E-state index in [0.717, 1.165) is 22.9 Å². The second kappa shape index (κ2) is 11.5. The van der Waals surface area contributed by atoms with Crippen molar-refractivity contribution in [2.75, 3.05) is 11.1 Å². The first-order valence-corrected chi connectivity index (χ1v) is 12.1. The number of benzene rings is 3. The number of esters is 1. The average Bonchev–Trinajstić information content (AvgIpc) is 3.32. The molecule has 0 aliphatic carbocycles. The summed E-state index contributed by atoms with van der Waals surface area (Å²) >= 11 is 1.15. The van der Waals surface area contributed by atoms with Gasteiger partial charge in [0.2, 0.25) is 11.8 Å². The van der Waals surface area contributed by atoms with Gasteiger partial charge in [0.1, 0.15) is 0 Å². The van der Waals surface area contributed by atoms with E-state index in [1.807, 2.05) is 60.7 Å². The van der Waals surface area contributed by atoms with Crippen molar-refractivity contribution in [1.82, 2.24) is 10.2 Å². The van der Waals surface area contributed by atoms with Crippen LogP contribution in [0.3, 0.4) is 0 Å². The van der Waals surface area contributed by atoms with Crippen molar-refractivity contribution in [2.24, 2.45) is 0 Å². The molecule has 8 heteroatoms. The predicted octanol–water partition coefficient (Wildman–Crippen LogP) is 5.55. The highest BCUT2D eigenvalue weighted by Gasteiger charge is 2.23. The van der Waals surface area contributed by atoms with Crippen LogP contribution in [0, 0.1) is 0 Å². The first-order valence-electron chi connectivity index (χ1n) is 11.2. The minimum atomic E-state index is -0.435. The summed E-state index contributed by atoms with van der Waals surface area (Å²) in [6.45, 7) is 3.57. The molecule has 0 fully saturated rings. The van der Waals surface area contributed by atoms with E-state index >= 15 is 0 Å². The topological polar surface area (TPSA) is 94.3 Å². The Morgan fingerprint density at radius 3 is 2.20 bits per heavy atom. The Balaban J connectivity index is 1.41. The van der Waals surface area contributed by atoms with Crippen LogP contribution >= 0.6 is 11.8 Å². The minimum absolute atomic E-state index is 0.0731. The van der Waals surface area contributed by atoms with Gasteiger partial charge >= 0.3 is 5.97 Å². The SMILES string of the molecule is CC(C)OC(=O)c1cccc(NC(=O)CSc2nnc(C(c3ccccc3)c3ccccc3)o2)c1. The highest BCUT2D eigenvalue weighted by molar-refractivity contribution is 7.99. The zero-order valence-electron chi connectivity index (χ0n) is 19.4. The molecule has 0 bridgehead atoms. The molecule has 0 radical (unpaired) electrons. The molecule has 0 spiro atoms. The van der Waals surface area contributed by atoms with Crippen LogP contribution in [0.15, 0.2) is 94.6 Å². The fourth-order valence-corrected chi connectivity index (χ4v) is 4.06. The van der Waals surface area contributed by atoms with Crippen LogP contribution in [0.2, 0.25) is 0 Å². The molecule has 1 heterocycles. The molecule has 4 aromatic rings. The zero-order chi connectivity index (χ0) is 24.6. The Bertz CT molecular complexity index is 1240. The van der Waals surface area contributed by atoms with Gasteiger partial charge in [-0.15, -0.1) is 10.2 Å². The summed E-state index contributed by atoms with van der Waals surface area (Å²) in [5, 5.41) is 11.5. The summed E-state index contributed by atoms with van der Waals surface area (Å²) in [4.78, 5) is 24.6. The third-order valence-corrected chi connectivity index (χ3v) is 5.80.